The molecule has 0 N–H and O–H groups in total. The Bertz CT molecular complexity index is 651. The van der Waals surface area contributed by atoms with Crippen molar-refractivity contribution in [1.82, 2.24) is 9.78 Å². The molecule has 4 nitrogen and oxygen atoms in total. The lowest BCUT2D eigenvalue weighted by molar-refractivity contribution is 0.110. The maximum atomic E-state index is 12.8. The van der Waals surface area contributed by atoms with Crippen molar-refractivity contribution >= 4 is 6.29 Å². The molecule has 0 unspecified atom stereocenters. The van der Waals surface area contributed by atoms with Gasteiger partial charge in [-0.3, -0.25) is 4.79 Å². The molecule has 112 valence electrons. The largest absolute Gasteiger partial charge is 0.439 e. The zero-order valence-corrected chi connectivity index (χ0v) is 12.0. The number of aryl methyl sites for hydroxylation is 1. The quantitative estimate of drug-likeness (QED) is 0.780. The number of alkyl halides is 2. The second kappa shape index (κ2) is 6.03. The first-order valence-corrected chi connectivity index (χ1v) is 6.52. The molecule has 0 spiro atoms. The minimum absolute atomic E-state index is 0.0150. The van der Waals surface area contributed by atoms with Crippen LogP contribution in [0, 0.1) is 0 Å². The molecule has 0 aliphatic heterocycles. The van der Waals surface area contributed by atoms with E-state index in [1.807, 2.05) is 32.0 Å². The summed E-state index contributed by atoms with van der Waals surface area (Å²) in [5.41, 5.74) is 0.265. The summed E-state index contributed by atoms with van der Waals surface area (Å²) in [4.78, 5) is 11.1. The van der Waals surface area contributed by atoms with E-state index in [-0.39, 0.29) is 11.4 Å². The normalized spacial score (nSPS) is 11.2. The maximum absolute atomic E-state index is 12.8. The summed E-state index contributed by atoms with van der Waals surface area (Å²) >= 11 is 0. The summed E-state index contributed by atoms with van der Waals surface area (Å²) < 4.78 is 32.4. The van der Waals surface area contributed by atoms with Crippen molar-refractivity contribution in [2.75, 3.05) is 0 Å². The van der Waals surface area contributed by atoms with Crippen LogP contribution in [0.5, 0.6) is 11.6 Å². The Hall–Kier alpha value is -2.24. The van der Waals surface area contributed by atoms with Gasteiger partial charge in [0, 0.05) is 7.05 Å². The standard InChI is InChI=1S/C15H16F2N2O2/c1-9(2)10-5-4-6-11(7-10)21-15-12(8-20)13(14(16)17)18-19(15)3/h4-9,14H,1-3H3. The molecule has 0 aliphatic carbocycles. The van der Waals surface area contributed by atoms with Crippen LogP contribution in [0.15, 0.2) is 24.3 Å². The molecular weight excluding hydrogens is 278 g/mol. The summed E-state index contributed by atoms with van der Waals surface area (Å²) in [5, 5.41) is 3.65. The first kappa shape index (κ1) is 15.2. The van der Waals surface area contributed by atoms with Crippen LogP contribution in [0.25, 0.3) is 0 Å². The van der Waals surface area contributed by atoms with Gasteiger partial charge in [-0.2, -0.15) is 5.10 Å². The minimum atomic E-state index is -2.82. The highest BCUT2D eigenvalue weighted by molar-refractivity contribution is 5.80. The van der Waals surface area contributed by atoms with Gasteiger partial charge in [-0.1, -0.05) is 26.0 Å². The number of aldehydes is 1. The second-order valence-electron chi connectivity index (χ2n) is 4.98. The van der Waals surface area contributed by atoms with Crippen LogP contribution in [0.4, 0.5) is 8.78 Å². The number of aromatic nitrogens is 2. The van der Waals surface area contributed by atoms with Crippen molar-refractivity contribution in [2.45, 2.75) is 26.2 Å². The number of nitrogens with zero attached hydrogens (tertiary/aromatic N) is 2. The van der Waals surface area contributed by atoms with Crippen LogP contribution < -0.4 is 4.74 Å². The zero-order chi connectivity index (χ0) is 15.6. The summed E-state index contributed by atoms with van der Waals surface area (Å²) in [6, 6.07) is 7.28. The van der Waals surface area contributed by atoms with E-state index < -0.39 is 12.1 Å². The number of hydrogen-bond acceptors (Lipinski definition) is 3. The number of rotatable bonds is 5. The Morgan fingerprint density at radius 2 is 2.05 bits per heavy atom. The molecule has 1 heterocycles. The van der Waals surface area contributed by atoms with Gasteiger partial charge in [0.2, 0.25) is 5.88 Å². The van der Waals surface area contributed by atoms with Crippen molar-refractivity contribution in [3.63, 3.8) is 0 Å². The number of carbonyl (C=O) groups excluding carboxylic acids is 1. The second-order valence-corrected chi connectivity index (χ2v) is 4.98. The van der Waals surface area contributed by atoms with Gasteiger partial charge in [-0.05, 0) is 23.6 Å². The van der Waals surface area contributed by atoms with Crippen LogP contribution in [-0.4, -0.2) is 16.1 Å². The van der Waals surface area contributed by atoms with Gasteiger partial charge < -0.3 is 4.74 Å². The number of carbonyl (C=O) groups is 1. The van der Waals surface area contributed by atoms with Gasteiger partial charge in [0.25, 0.3) is 6.43 Å². The van der Waals surface area contributed by atoms with Crippen molar-refractivity contribution < 1.29 is 18.3 Å². The van der Waals surface area contributed by atoms with E-state index >= 15 is 0 Å². The lowest BCUT2D eigenvalue weighted by Gasteiger charge is -2.10. The maximum Gasteiger partial charge on any atom is 0.283 e. The van der Waals surface area contributed by atoms with Crippen LogP contribution in [0.2, 0.25) is 0 Å². The highest BCUT2D eigenvalue weighted by Crippen LogP contribution is 2.31. The third-order valence-corrected chi connectivity index (χ3v) is 3.12. The van der Waals surface area contributed by atoms with E-state index in [1.54, 1.807) is 6.07 Å². The van der Waals surface area contributed by atoms with Gasteiger partial charge in [0.05, 0.1) is 0 Å². The van der Waals surface area contributed by atoms with Crippen LogP contribution in [0.3, 0.4) is 0 Å². The fourth-order valence-electron chi connectivity index (χ4n) is 1.99. The molecule has 0 atom stereocenters. The smallest absolute Gasteiger partial charge is 0.283 e. The highest BCUT2D eigenvalue weighted by atomic mass is 19.3. The highest BCUT2D eigenvalue weighted by Gasteiger charge is 2.24. The number of hydrogen-bond donors (Lipinski definition) is 0. The Balaban J connectivity index is 2.40. The van der Waals surface area contributed by atoms with Gasteiger partial charge in [-0.25, -0.2) is 13.5 Å². The monoisotopic (exact) mass is 294 g/mol. The van der Waals surface area contributed by atoms with E-state index in [2.05, 4.69) is 5.10 Å². The first-order chi connectivity index (χ1) is 9.93. The third kappa shape index (κ3) is 3.09. The predicted octanol–water partition coefficient (Wildman–Crippen LogP) is 4.09. The average Bonchev–Trinajstić information content (AvgIpc) is 2.76. The molecule has 21 heavy (non-hydrogen) atoms. The number of benzene rings is 1. The van der Waals surface area contributed by atoms with Crippen molar-refractivity contribution in [1.29, 1.82) is 0 Å². The van der Waals surface area contributed by atoms with Gasteiger partial charge in [-0.15, -0.1) is 0 Å². The fraction of sp³-hybridized carbons (Fsp3) is 0.333. The van der Waals surface area contributed by atoms with E-state index in [0.717, 1.165) is 10.2 Å². The van der Waals surface area contributed by atoms with Crippen LogP contribution in [0.1, 0.15) is 47.8 Å². The van der Waals surface area contributed by atoms with Gasteiger partial charge >= 0.3 is 0 Å². The molecule has 0 fully saturated rings. The van der Waals surface area contributed by atoms with Gasteiger partial charge in [0.15, 0.2) is 6.29 Å². The molecule has 0 radical (unpaired) electrons. The summed E-state index contributed by atoms with van der Waals surface area (Å²) in [5.74, 6) is 0.802. The number of ether oxygens (including phenoxy) is 1. The Morgan fingerprint density at radius 1 is 1.33 bits per heavy atom. The molecule has 0 bridgehead atoms. The fourth-order valence-corrected chi connectivity index (χ4v) is 1.99. The SMILES string of the molecule is CC(C)c1cccc(Oc2c(C=O)c(C(F)F)nn2C)c1. The Kier molecular flexibility index (Phi) is 4.35. The predicted molar refractivity (Wildman–Crippen MR) is 74.2 cm³/mol. The minimum Gasteiger partial charge on any atom is -0.439 e. The Labute approximate surface area is 121 Å². The lowest BCUT2D eigenvalue weighted by atomic mass is 10.0. The van der Waals surface area contributed by atoms with E-state index in [9.17, 15) is 13.6 Å². The first-order valence-electron chi connectivity index (χ1n) is 6.52. The van der Waals surface area contributed by atoms with E-state index in [1.165, 1.54) is 7.05 Å². The molecule has 0 amide bonds. The molecule has 1 aromatic carbocycles. The van der Waals surface area contributed by atoms with Gasteiger partial charge in [0.1, 0.15) is 17.0 Å². The number of halogens is 2. The zero-order valence-electron chi connectivity index (χ0n) is 12.0. The molecule has 1 aromatic heterocycles. The molecule has 2 rings (SSSR count). The van der Waals surface area contributed by atoms with Crippen molar-refractivity contribution in [2.24, 2.45) is 7.05 Å². The summed E-state index contributed by atoms with van der Waals surface area (Å²) in [6.07, 6.45) is -2.48. The topological polar surface area (TPSA) is 44.1 Å². The van der Waals surface area contributed by atoms with Crippen molar-refractivity contribution in [3.8, 4) is 11.6 Å². The molecule has 0 saturated carbocycles. The average molecular weight is 294 g/mol. The van der Waals surface area contributed by atoms with Crippen LogP contribution >= 0.6 is 0 Å². The van der Waals surface area contributed by atoms with Crippen molar-refractivity contribution in [3.05, 3.63) is 41.1 Å². The molecule has 0 aliphatic rings. The molecule has 2 aromatic rings. The molecule has 0 saturated heterocycles. The third-order valence-electron chi connectivity index (χ3n) is 3.12. The van der Waals surface area contributed by atoms with E-state index in [0.29, 0.717) is 18.0 Å². The molecular formula is C15H16F2N2O2. The molecule has 6 heteroatoms. The lowest BCUT2D eigenvalue weighted by Crippen LogP contribution is -1.97. The Morgan fingerprint density at radius 3 is 2.62 bits per heavy atom. The summed E-state index contributed by atoms with van der Waals surface area (Å²) in [7, 11) is 1.46. The summed E-state index contributed by atoms with van der Waals surface area (Å²) in [6.45, 7) is 4.07. The van der Waals surface area contributed by atoms with E-state index in [4.69, 9.17) is 4.74 Å². The van der Waals surface area contributed by atoms with Crippen LogP contribution in [-0.2, 0) is 7.05 Å².